The van der Waals surface area contributed by atoms with Crippen LogP contribution in [0.25, 0.3) is 0 Å². The van der Waals surface area contributed by atoms with Gasteiger partial charge in [0.25, 0.3) is 0 Å². The lowest BCUT2D eigenvalue weighted by molar-refractivity contribution is 0.0696. The molecule has 0 aliphatic heterocycles. The molecule has 0 saturated heterocycles. The fraction of sp³-hybridized carbons (Fsp3) is 0.500. The highest BCUT2D eigenvalue weighted by atomic mass is 16.4. The Balaban J connectivity index is 2.91. The Kier molecular flexibility index (Phi) is 4.90. The maximum atomic E-state index is 11.0. The van der Waals surface area contributed by atoms with Crippen LogP contribution < -0.4 is 11.1 Å². The molecule has 0 fully saturated rings. The molecule has 0 saturated carbocycles. The molecule has 0 aromatic carbocycles. The lowest BCUT2D eigenvalue weighted by Crippen LogP contribution is -2.11. The first-order valence-electron chi connectivity index (χ1n) is 5.73. The Morgan fingerprint density at radius 1 is 1.53 bits per heavy atom. The van der Waals surface area contributed by atoms with Gasteiger partial charge in [0, 0.05) is 12.2 Å². The van der Waals surface area contributed by atoms with E-state index in [1.54, 1.807) is 12.1 Å². The van der Waals surface area contributed by atoms with Crippen LogP contribution in [-0.2, 0) is 0 Å². The molecule has 0 aliphatic carbocycles. The summed E-state index contributed by atoms with van der Waals surface area (Å²) in [6.07, 6.45) is 0.829. The molecule has 94 valence electrons. The summed E-state index contributed by atoms with van der Waals surface area (Å²) in [4.78, 5) is 15.4. The van der Waals surface area contributed by atoms with Crippen LogP contribution in [0.5, 0.6) is 0 Å². The minimum absolute atomic E-state index is 0.198. The predicted octanol–water partition coefficient (Wildman–Crippen LogP) is 1.66. The quantitative estimate of drug-likeness (QED) is 0.655. The SMILES string of the molecule is CC(C)c1cc(C(=O)O)cc(NCCCN)n1. The van der Waals surface area contributed by atoms with E-state index in [4.69, 9.17) is 10.8 Å². The van der Waals surface area contributed by atoms with Gasteiger partial charge in [0.2, 0.25) is 0 Å². The number of hydrogen-bond acceptors (Lipinski definition) is 4. The summed E-state index contributed by atoms with van der Waals surface area (Å²) >= 11 is 0. The molecule has 0 bridgehead atoms. The van der Waals surface area contributed by atoms with Crippen molar-refractivity contribution in [3.8, 4) is 0 Å². The first-order valence-corrected chi connectivity index (χ1v) is 5.73. The van der Waals surface area contributed by atoms with Gasteiger partial charge in [0.1, 0.15) is 5.82 Å². The van der Waals surface area contributed by atoms with E-state index in [2.05, 4.69) is 10.3 Å². The summed E-state index contributed by atoms with van der Waals surface area (Å²) in [7, 11) is 0. The van der Waals surface area contributed by atoms with Crippen molar-refractivity contribution in [2.24, 2.45) is 5.73 Å². The molecule has 1 aromatic heterocycles. The van der Waals surface area contributed by atoms with Crippen molar-refractivity contribution in [3.05, 3.63) is 23.4 Å². The number of nitrogens with zero attached hydrogens (tertiary/aromatic N) is 1. The van der Waals surface area contributed by atoms with Crippen molar-refractivity contribution in [1.29, 1.82) is 0 Å². The highest BCUT2D eigenvalue weighted by Gasteiger charge is 2.10. The van der Waals surface area contributed by atoms with Gasteiger partial charge in [-0.2, -0.15) is 0 Å². The largest absolute Gasteiger partial charge is 0.478 e. The van der Waals surface area contributed by atoms with Crippen molar-refractivity contribution in [3.63, 3.8) is 0 Å². The first kappa shape index (κ1) is 13.4. The minimum atomic E-state index is -0.934. The van der Waals surface area contributed by atoms with E-state index in [9.17, 15) is 4.79 Å². The third-order valence-corrected chi connectivity index (χ3v) is 2.37. The molecule has 4 N–H and O–H groups in total. The number of nitrogens with two attached hydrogens (primary N) is 1. The number of anilines is 1. The molecule has 0 unspecified atom stereocenters. The van der Waals surface area contributed by atoms with Gasteiger partial charge >= 0.3 is 5.97 Å². The molecule has 0 atom stereocenters. The van der Waals surface area contributed by atoms with Crippen molar-refractivity contribution < 1.29 is 9.90 Å². The minimum Gasteiger partial charge on any atom is -0.478 e. The van der Waals surface area contributed by atoms with Gasteiger partial charge in [0.15, 0.2) is 0 Å². The summed E-state index contributed by atoms with van der Waals surface area (Å²) < 4.78 is 0. The highest BCUT2D eigenvalue weighted by molar-refractivity contribution is 5.88. The van der Waals surface area contributed by atoms with Crippen LogP contribution in [0.3, 0.4) is 0 Å². The zero-order valence-corrected chi connectivity index (χ0v) is 10.2. The maximum Gasteiger partial charge on any atom is 0.335 e. The van der Waals surface area contributed by atoms with Crippen molar-refractivity contribution >= 4 is 11.8 Å². The number of hydrogen-bond donors (Lipinski definition) is 3. The number of carboxylic acid groups (broad SMARTS) is 1. The Bertz CT molecular complexity index is 391. The van der Waals surface area contributed by atoms with E-state index in [1.807, 2.05) is 13.8 Å². The number of carboxylic acids is 1. The first-order chi connectivity index (χ1) is 8.04. The van der Waals surface area contributed by atoms with Gasteiger partial charge in [0.05, 0.1) is 5.56 Å². The number of nitrogens with one attached hydrogen (secondary N) is 1. The smallest absolute Gasteiger partial charge is 0.335 e. The van der Waals surface area contributed by atoms with Crippen LogP contribution in [0.2, 0.25) is 0 Å². The molecular formula is C12H19N3O2. The second-order valence-electron chi connectivity index (χ2n) is 4.19. The monoisotopic (exact) mass is 237 g/mol. The standard InChI is InChI=1S/C12H19N3O2/c1-8(2)10-6-9(12(16)17)7-11(15-10)14-5-3-4-13/h6-8H,3-5,13H2,1-2H3,(H,14,15)(H,16,17). The van der Waals surface area contributed by atoms with E-state index in [0.717, 1.165) is 12.1 Å². The second kappa shape index (κ2) is 6.20. The van der Waals surface area contributed by atoms with Gasteiger partial charge in [-0.15, -0.1) is 0 Å². The van der Waals surface area contributed by atoms with E-state index in [0.29, 0.717) is 18.9 Å². The molecule has 5 heteroatoms. The molecule has 1 aromatic rings. The molecule has 0 amide bonds. The Hall–Kier alpha value is -1.62. The molecule has 0 aliphatic rings. The average Bonchev–Trinajstić information content (AvgIpc) is 2.29. The van der Waals surface area contributed by atoms with Crippen molar-refractivity contribution in [2.45, 2.75) is 26.2 Å². The van der Waals surface area contributed by atoms with Crippen LogP contribution in [-0.4, -0.2) is 29.1 Å². The topological polar surface area (TPSA) is 88.2 Å². The van der Waals surface area contributed by atoms with E-state index in [-0.39, 0.29) is 11.5 Å². The van der Waals surface area contributed by atoms with Gasteiger partial charge < -0.3 is 16.2 Å². The molecule has 1 heterocycles. The van der Waals surface area contributed by atoms with Gasteiger partial charge in [-0.05, 0) is 31.0 Å². The molecule has 0 radical (unpaired) electrons. The van der Waals surface area contributed by atoms with Gasteiger partial charge in [-0.25, -0.2) is 9.78 Å². The third-order valence-electron chi connectivity index (χ3n) is 2.37. The second-order valence-corrected chi connectivity index (χ2v) is 4.19. The zero-order chi connectivity index (χ0) is 12.8. The van der Waals surface area contributed by atoms with Gasteiger partial charge in [-0.3, -0.25) is 0 Å². The lowest BCUT2D eigenvalue weighted by atomic mass is 10.1. The number of pyridine rings is 1. The highest BCUT2D eigenvalue weighted by Crippen LogP contribution is 2.17. The number of aromatic nitrogens is 1. The van der Waals surface area contributed by atoms with Gasteiger partial charge in [-0.1, -0.05) is 13.8 Å². The van der Waals surface area contributed by atoms with E-state index in [1.165, 1.54) is 0 Å². The van der Waals surface area contributed by atoms with Crippen LogP contribution in [0.4, 0.5) is 5.82 Å². The summed E-state index contributed by atoms with van der Waals surface area (Å²) in [5.41, 5.74) is 6.44. The molecule has 1 rings (SSSR count). The lowest BCUT2D eigenvalue weighted by Gasteiger charge is -2.10. The van der Waals surface area contributed by atoms with Crippen LogP contribution in [0.1, 0.15) is 42.2 Å². The predicted molar refractivity (Wildman–Crippen MR) is 67.4 cm³/mol. The fourth-order valence-electron chi connectivity index (χ4n) is 1.38. The molecule has 17 heavy (non-hydrogen) atoms. The van der Waals surface area contributed by atoms with E-state index >= 15 is 0 Å². The summed E-state index contributed by atoms with van der Waals surface area (Å²) in [5, 5.41) is 12.1. The van der Waals surface area contributed by atoms with Crippen molar-refractivity contribution in [2.75, 3.05) is 18.4 Å². The Morgan fingerprint density at radius 2 is 2.24 bits per heavy atom. The molecule has 5 nitrogen and oxygen atoms in total. The Morgan fingerprint density at radius 3 is 2.76 bits per heavy atom. The third kappa shape index (κ3) is 4.03. The zero-order valence-electron chi connectivity index (χ0n) is 10.2. The van der Waals surface area contributed by atoms with Crippen molar-refractivity contribution in [1.82, 2.24) is 4.98 Å². The summed E-state index contributed by atoms with van der Waals surface area (Å²) in [6, 6.07) is 3.16. The average molecular weight is 237 g/mol. The van der Waals surface area contributed by atoms with Crippen LogP contribution in [0.15, 0.2) is 12.1 Å². The normalized spacial score (nSPS) is 10.6. The summed E-state index contributed by atoms with van der Waals surface area (Å²) in [5.74, 6) is -0.136. The maximum absolute atomic E-state index is 11.0. The number of aromatic carboxylic acids is 1. The van der Waals surface area contributed by atoms with E-state index < -0.39 is 5.97 Å². The number of carbonyl (C=O) groups is 1. The fourth-order valence-corrected chi connectivity index (χ4v) is 1.38. The summed E-state index contributed by atoms with van der Waals surface area (Å²) in [6.45, 7) is 5.27. The van der Waals surface area contributed by atoms with Crippen LogP contribution in [0, 0.1) is 0 Å². The number of rotatable bonds is 6. The Labute approximate surface area is 101 Å². The molecular weight excluding hydrogens is 218 g/mol. The molecule has 0 spiro atoms. The van der Waals surface area contributed by atoms with Crippen LogP contribution >= 0.6 is 0 Å².